The van der Waals surface area contributed by atoms with Crippen LogP contribution in [0.2, 0.25) is 0 Å². The number of likely N-dealkylation sites (N-methyl/N-ethyl adjacent to an activating group) is 1. The van der Waals surface area contributed by atoms with Crippen molar-refractivity contribution in [3.8, 4) is 0 Å². The van der Waals surface area contributed by atoms with Gasteiger partial charge in [0.25, 0.3) is 0 Å². The average molecular weight is 208 g/mol. The van der Waals surface area contributed by atoms with E-state index in [0.29, 0.717) is 5.76 Å². The molecule has 0 aromatic heterocycles. The van der Waals surface area contributed by atoms with Crippen molar-refractivity contribution in [2.24, 2.45) is 0 Å². The van der Waals surface area contributed by atoms with Gasteiger partial charge in [-0.05, 0) is 13.1 Å². The second-order valence-electron chi connectivity index (χ2n) is 3.71. The topological polar surface area (TPSA) is 15.7 Å². The summed E-state index contributed by atoms with van der Waals surface area (Å²) in [6, 6.07) is 0. The van der Waals surface area contributed by atoms with Crippen LogP contribution in [0.25, 0.3) is 0 Å². The summed E-state index contributed by atoms with van der Waals surface area (Å²) in [6.45, 7) is 11.8. The highest BCUT2D eigenvalue weighted by molar-refractivity contribution is 5.26. The van der Waals surface area contributed by atoms with Crippen molar-refractivity contribution < 1.29 is 4.74 Å². The number of methoxy groups -OCH3 is 1. The summed E-state index contributed by atoms with van der Waals surface area (Å²) in [6.07, 6.45) is 3.73. The van der Waals surface area contributed by atoms with Crippen molar-refractivity contribution in [3.63, 3.8) is 0 Å². The van der Waals surface area contributed by atoms with Crippen LogP contribution in [0.4, 0.5) is 0 Å². The Morgan fingerprint density at radius 1 is 1.27 bits per heavy atom. The molecule has 1 aliphatic heterocycles. The Bertz CT molecular complexity index is 263. The molecule has 0 bridgehead atoms. The van der Waals surface area contributed by atoms with Gasteiger partial charge in [0, 0.05) is 26.2 Å². The van der Waals surface area contributed by atoms with Gasteiger partial charge in [-0.3, -0.25) is 0 Å². The molecule has 1 saturated heterocycles. The molecule has 0 aromatic rings. The first-order valence-electron chi connectivity index (χ1n) is 5.18. The van der Waals surface area contributed by atoms with Gasteiger partial charge >= 0.3 is 0 Å². The highest BCUT2D eigenvalue weighted by Crippen LogP contribution is 2.16. The van der Waals surface area contributed by atoms with E-state index in [9.17, 15) is 0 Å². The van der Waals surface area contributed by atoms with Gasteiger partial charge in [0.1, 0.15) is 5.76 Å². The molecule has 3 heteroatoms. The maximum absolute atomic E-state index is 5.18. The third-order valence-corrected chi connectivity index (χ3v) is 2.65. The SMILES string of the molecule is C=C/C=C(\C(=C)OC)N1CCN(C)CC1. The molecule has 0 aliphatic carbocycles. The van der Waals surface area contributed by atoms with Gasteiger partial charge < -0.3 is 14.5 Å². The Labute approximate surface area is 92.3 Å². The second kappa shape index (κ2) is 5.61. The van der Waals surface area contributed by atoms with Crippen LogP contribution in [0, 0.1) is 0 Å². The van der Waals surface area contributed by atoms with Gasteiger partial charge in [-0.2, -0.15) is 0 Å². The number of nitrogens with zero attached hydrogens (tertiary/aromatic N) is 2. The van der Waals surface area contributed by atoms with Crippen LogP contribution in [-0.4, -0.2) is 50.1 Å². The Balaban J connectivity index is 2.69. The summed E-state index contributed by atoms with van der Waals surface area (Å²) in [5.74, 6) is 0.708. The third-order valence-electron chi connectivity index (χ3n) is 2.65. The molecule has 0 atom stereocenters. The lowest BCUT2D eigenvalue weighted by molar-refractivity contribution is 0.173. The number of ether oxygens (including phenoxy) is 1. The average Bonchev–Trinajstić information content (AvgIpc) is 2.26. The van der Waals surface area contributed by atoms with Crippen LogP contribution >= 0.6 is 0 Å². The fraction of sp³-hybridized carbons (Fsp3) is 0.500. The van der Waals surface area contributed by atoms with Crippen LogP contribution in [0.15, 0.2) is 36.8 Å². The van der Waals surface area contributed by atoms with Gasteiger partial charge in [0.05, 0.1) is 12.8 Å². The van der Waals surface area contributed by atoms with Gasteiger partial charge in [0.2, 0.25) is 0 Å². The van der Waals surface area contributed by atoms with E-state index in [2.05, 4.69) is 30.0 Å². The van der Waals surface area contributed by atoms with Crippen LogP contribution in [0.1, 0.15) is 0 Å². The van der Waals surface area contributed by atoms with Gasteiger partial charge in [-0.1, -0.05) is 19.2 Å². The summed E-state index contributed by atoms with van der Waals surface area (Å²) in [5.41, 5.74) is 1.04. The molecule has 84 valence electrons. The van der Waals surface area contributed by atoms with Crippen molar-refractivity contribution in [2.75, 3.05) is 40.3 Å². The lowest BCUT2D eigenvalue weighted by atomic mass is 10.2. The summed E-state index contributed by atoms with van der Waals surface area (Å²) >= 11 is 0. The maximum atomic E-state index is 5.18. The fourth-order valence-electron chi connectivity index (χ4n) is 1.64. The Morgan fingerprint density at radius 3 is 2.33 bits per heavy atom. The highest BCUT2D eigenvalue weighted by atomic mass is 16.5. The minimum absolute atomic E-state index is 0.708. The molecule has 15 heavy (non-hydrogen) atoms. The number of piperazine rings is 1. The summed E-state index contributed by atoms with van der Waals surface area (Å²) in [4.78, 5) is 4.60. The standard InChI is InChI=1S/C12H20N2O/c1-5-6-12(11(2)15-4)14-9-7-13(3)8-10-14/h5-6H,1-2,7-10H2,3-4H3/b12-6+. The summed E-state index contributed by atoms with van der Waals surface area (Å²) in [5, 5.41) is 0. The van der Waals surface area contributed by atoms with E-state index < -0.39 is 0 Å². The summed E-state index contributed by atoms with van der Waals surface area (Å²) in [7, 11) is 3.79. The lowest BCUT2D eigenvalue weighted by Gasteiger charge is -2.35. The van der Waals surface area contributed by atoms with Crippen LogP contribution < -0.4 is 0 Å². The third kappa shape index (κ3) is 3.13. The van der Waals surface area contributed by atoms with Crippen LogP contribution in [0.5, 0.6) is 0 Å². The van der Waals surface area contributed by atoms with E-state index in [1.165, 1.54) is 0 Å². The second-order valence-corrected chi connectivity index (χ2v) is 3.71. The Morgan fingerprint density at radius 2 is 1.87 bits per heavy atom. The number of allylic oxidation sites excluding steroid dienone is 2. The van der Waals surface area contributed by atoms with Gasteiger partial charge in [-0.15, -0.1) is 0 Å². The molecule has 3 nitrogen and oxygen atoms in total. The Hall–Kier alpha value is -1.22. The number of hydrogen-bond acceptors (Lipinski definition) is 3. The predicted octanol–water partition coefficient (Wildman–Crippen LogP) is 1.46. The minimum atomic E-state index is 0.708. The zero-order chi connectivity index (χ0) is 11.3. The minimum Gasteiger partial charge on any atom is -0.495 e. The van der Waals surface area contributed by atoms with E-state index in [1.807, 2.05) is 6.08 Å². The molecule has 0 aromatic carbocycles. The first kappa shape index (κ1) is 11.9. The monoisotopic (exact) mass is 208 g/mol. The van der Waals surface area contributed by atoms with E-state index >= 15 is 0 Å². The van der Waals surface area contributed by atoms with Crippen LogP contribution in [0.3, 0.4) is 0 Å². The van der Waals surface area contributed by atoms with Crippen molar-refractivity contribution in [1.29, 1.82) is 0 Å². The molecule has 0 saturated carbocycles. The molecule has 0 unspecified atom stereocenters. The van der Waals surface area contributed by atoms with E-state index in [0.717, 1.165) is 31.9 Å². The first-order valence-corrected chi connectivity index (χ1v) is 5.18. The molecule has 0 spiro atoms. The number of rotatable bonds is 4. The molecule has 1 fully saturated rings. The van der Waals surface area contributed by atoms with E-state index in [4.69, 9.17) is 4.74 Å². The molecular formula is C12H20N2O. The van der Waals surface area contributed by atoms with Crippen molar-refractivity contribution in [2.45, 2.75) is 0 Å². The lowest BCUT2D eigenvalue weighted by Crippen LogP contribution is -2.44. The van der Waals surface area contributed by atoms with Gasteiger partial charge in [-0.25, -0.2) is 0 Å². The molecule has 1 rings (SSSR count). The van der Waals surface area contributed by atoms with Crippen LogP contribution in [-0.2, 0) is 4.74 Å². The number of hydrogen-bond donors (Lipinski definition) is 0. The molecule has 0 amide bonds. The van der Waals surface area contributed by atoms with Crippen molar-refractivity contribution in [1.82, 2.24) is 9.80 Å². The smallest absolute Gasteiger partial charge is 0.135 e. The molecule has 1 aliphatic rings. The van der Waals surface area contributed by atoms with Crippen molar-refractivity contribution in [3.05, 3.63) is 36.8 Å². The Kier molecular flexibility index (Phi) is 4.43. The zero-order valence-electron chi connectivity index (χ0n) is 9.70. The quantitative estimate of drug-likeness (QED) is 0.514. The van der Waals surface area contributed by atoms with Gasteiger partial charge in [0.15, 0.2) is 0 Å². The maximum Gasteiger partial charge on any atom is 0.135 e. The first-order chi connectivity index (χ1) is 7.19. The van der Waals surface area contributed by atoms with E-state index in [1.54, 1.807) is 13.2 Å². The normalized spacial score (nSPS) is 18.8. The largest absolute Gasteiger partial charge is 0.495 e. The molecule has 1 heterocycles. The predicted molar refractivity (Wildman–Crippen MR) is 63.5 cm³/mol. The highest BCUT2D eigenvalue weighted by Gasteiger charge is 2.17. The zero-order valence-corrected chi connectivity index (χ0v) is 9.70. The fourth-order valence-corrected chi connectivity index (χ4v) is 1.64. The molecule has 0 radical (unpaired) electrons. The van der Waals surface area contributed by atoms with E-state index in [-0.39, 0.29) is 0 Å². The molecular weight excluding hydrogens is 188 g/mol. The molecule has 0 N–H and O–H groups in total. The summed E-state index contributed by atoms with van der Waals surface area (Å²) < 4.78 is 5.18. The van der Waals surface area contributed by atoms with Crippen molar-refractivity contribution >= 4 is 0 Å².